The molecular formula is C10H16N2O3S2. The normalized spacial score (nSPS) is 12.4. The van der Waals surface area contributed by atoms with Crippen molar-refractivity contribution in [1.29, 1.82) is 0 Å². The molecule has 17 heavy (non-hydrogen) atoms. The molecule has 0 amide bonds. The highest BCUT2D eigenvalue weighted by atomic mass is 32.2. The molecule has 0 aliphatic heterocycles. The van der Waals surface area contributed by atoms with E-state index < -0.39 is 6.10 Å². The second kappa shape index (κ2) is 7.62. The predicted molar refractivity (Wildman–Crippen MR) is 67.3 cm³/mol. The Morgan fingerprint density at radius 1 is 1.59 bits per heavy atom. The molecule has 0 aliphatic carbocycles. The first-order valence-corrected chi connectivity index (χ1v) is 7.20. The number of thioether (sulfide) groups is 1. The van der Waals surface area contributed by atoms with Crippen molar-refractivity contribution in [1.82, 2.24) is 9.36 Å². The van der Waals surface area contributed by atoms with Crippen molar-refractivity contribution < 1.29 is 14.6 Å². The molecule has 1 atom stereocenters. The predicted octanol–water partition coefficient (Wildman–Crippen LogP) is 1.51. The second-order valence-electron chi connectivity index (χ2n) is 3.30. The van der Waals surface area contributed by atoms with Crippen LogP contribution in [0.5, 0.6) is 0 Å². The number of aliphatic hydroxyl groups is 1. The maximum absolute atomic E-state index is 11.1. The van der Waals surface area contributed by atoms with Gasteiger partial charge in [-0.1, -0.05) is 18.7 Å². The van der Waals surface area contributed by atoms with E-state index in [1.54, 1.807) is 6.92 Å². The van der Waals surface area contributed by atoms with Crippen LogP contribution in [0, 0.1) is 0 Å². The van der Waals surface area contributed by atoms with E-state index in [-0.39, 0.29) is 12.4 Å². The molecule has 0 saturated heterocycles. The van der Waals surface area contributed by atoms with E-state index in [9.17, 15) is 9.90 Å². The average Bonchev–Trinajstić information content (AvgIpc) is 2.74. The quantitative estimate of drug-likeness (QED) is 0.601. The van der Waals surface area contributed by atoms with E-state index in [0.717, 1.165) is 16.6 Å². The third-order valence-electron chi connectivity index (χ3n) is 1.87. The zero-order valence-electron chi connectivity index (χ0n) is 9.88. The van der Waals surface area contributed by atoms with Crippen LogP contribution in [0.4, 0.5) is 0 Å². The molecule has 1 N–H and O–H groups in total. The number of aliphatic hydroxyl groups excluding tert-OH is 1. The van der Waals surface area contributed by atoms with Crippen LogP contribution in [-0.2, 0) is 16.0 Å². The van der Waals surface area contributed by atoms with Gasteiger partial charge in [0.2, 0.25) is 0 Å². The number of ether oxygens (including phenoxy) is 1. The van der Waals surface area contributed by atoms with E-state index in [0.29, 0.717) is 12.4 Å². The number of nitrogens with zero attached hydrogens (tertiary/aromatic N) is 2. The maximum Gasteiger partial charge on any atom is 0.308 e. The molecule has 0 spiro atoms. The lowest BCUT2D eigenvalue weighted by Gasteiger charge is -2.07. The van der Waals surface area contributed by atoms with Gasteiger partial charge in [0.05, 0.1) is 19.1 Å². The minimum Gasteiger partial charge on any atom is -0.466 e. The fourth-order valence-electron chi connectivity index (χ4n) is 1.08. The molecule has 0 fully saturated rings. The molecular weight excluding hydrogens is 260 g/mol. The van der Waals surface area contributed by atoms with Crippen molar-refractivity contribution in [3.05, 3.63) is 5.82 Å². The summed E-state index contributed by atoms with van der Waals surface area (Å²) >= 11 is 2.73. The molecule has 7 heteroatoms. The minimum absolute atomic E-state index is 0.0281. The molecule has 5 nitrogen and oxygen atoms in total. The van der Waals surface area contributed by atoms with Crippen molar-refractivity contribution in [2.24, 2.45) is 0 Å². The molecule has 0 aromatic carbocycles. The monoisotopic (exact) mass is 276 g/mol. The lowest BCUT2D eigenvalue weighted by molar-refractivity contribution is -0.144. The average molecular weight is 276 g/mol. The molecule has 0 radical (unpaired) electrons. The highest BCUT2D eigenvalue weighted by Crippen LogP contribution is 2.21. The summed E-state index contributed by atoms with van der Waals surface area (Å²) in [4.78, 5) is 15.4. The number of carbonyl (C=O) groups excluding carboxylic acids is 1. The lowest BCUT2D eigenvalue weighted by Crippen LogP contribution is -2.17. The van der Waals surface area contributed by atoms with E-state index in [2.05, 4.69) is 9.36 Å². The Kier molecular flexibility index (Phi) is 6.46. The third-order valence-corrected chi connectivity index (χ3v) is 3.89. The van der Waals surface area contributed by atoms with Crippen LogP contribution >= 0.6 is 23.3 Å². The summed E-state index contributed by atoms with van der Waals surface area (Å²) in [5.74, 6) is 0.876. The zero-order chi connectivity index (χ0) is 12.7. The smallest absolute Gasteiger partial charge is 0.308 e. The number of hydrogen-bond acceptors (Lipinski definition) is 7. The summed E-state index contributed by atoms with van der Waals surface area (Å²) in [5.41, 5.74) is 0. The highest BCUT2D eigenvalue weighted by Gasteiger charge is 2.13. The lowest BCUT2D eigenvalue weighted by atomic mass is 10.3. The Labute approximate surface area is 109 Å². The number of esters is 1. The largest absolute Gasteiger partial charge is 0.466 e. The van der Waals surface area contributed by atoms with Crippen molar-refractivity contribution in [3.8, 4) is 0 Å². The molecule has 1 heterocycles. The molecule has 1 rings (SSSR count). The fraction of sp³-hybridized carbons (Fsp3) is 0.700. The van der Waals surface area contributed by atoms with E-state index in [1.807, 2.05) is 6.92 Å². The summed E-state index contributed by atoms with van der Waals surface area (Å²) < 4.78 is 9.72. The van der Waals surface area contributed by atoms with Gasteiger partial charge in [0, 0.05) is 12.2 Å². The summed E-state index contributed by atoms with van der Waals surface area (Å²) in [7, 11) is 0. The van der Waals surface area contributed by atoms with Crippen LogP contribution in [0.15, 0.2) is 4.34 Å². The van der Waals surface area contributed by atoms with Gasteiger partial charge < -0.3 is 9.84 Å². The van der Waals surface area contributed by atoms with Crippen LogP contribution in [0.2, 0.25) is 0 Å². The van der Waals surface area contributed by atoms with E-state index in [1.165, 1.54) is 23.3 Å². The molecule has 0 bridgehead atoms. The first-order chi connectivity index (χ1) is 8.15. The zero-order valence-corrected chi connectivity index (χ0v) is 11.5. The van der Waals surface area contributed by atoms with E-state index >= 15 is 0 Å². The van der Waals surface area contributed by atoms with E-state index in [4.69, 9.17) is 4.74 Å². The maximum atomic E-state index is 11.1. The van der Waals surface area contributed by atoms with Crippen molar-refractivity contribution in [2.45, 2.75) is 37.1 Å². The summed E-state index contributed by atoms with van der Waals surface area (Å²) in [6, 6.07) is 0. The second-order valence-corrected chi connectivity index (χ2v) is 5.32. The number of aromatic nitrogens is 2. The van der Waals surface area contributed by atoms with Gasteiger partial charge in [0.25, 0.3) is 0 Å². The molecule has 0 aliphatic rings. The van der Waals surface area contributed by atoms with Gasteiger partial charge in [0.1, 0.15) is 5.82 Å². The Morgan fingerprint density at radius 3 is 2.94 bits per heavy atom. The van der Waals surface area contributed by atoms with Crippen molar-refractivity contribution in [3.63, 3.8) is 0 Å². The van der Waals surface area contributed by atoms with Gasteiger partial charge in [-0.15, -0.1) is 0 Å². The summed E-state index contributed by atoms with van der Waals surface area (Å²) in [6.45, 7) is 4.08. The van der Waals surface area contributed by atoms with Crippen LogP contribution in [0.3, 0.4) is 0 Å². The molecule has 0 saturated carbocycles. The number of aryl methyl sites for hydroxylation is 1. The van der Waals surface area contributed by atoms with Crippen LogP contribution in [-0.4, -0.2) is 38.9 Å². The molecule has 1 aromatic heterocycles. The molecule has 1 aromatic rings. The van der Waals surface area contributed by atoms with Gasteiger partial charge in [-0.2, -0.15) is 4.37 Å². The number of rotatable bonds is 7. The summed E-state index contributed by atoms with van der Waals surface area (Å²) in [6.07, 6.45) is 0.135. The van der Waals surface area contributed by atoms with Gasteiger partial charge in [-0.3, -0.25) is 4.79 Å². The Hall–Kier alpha value is -0.660. The summed E-state index contributed by atoms with van der Waals surface area (Å²) in [5, 5.41) is 9.61. The highest BCUT2D eigenvalue weighted by molar-refractivity contribution is 8.00. The fourth-order valence-corrected chi connectivity index (χ4v) is 2.73. The van der Waals surface area contributed by atoms with Crippen molar-refractivity contribution >= 4 is 29.3 Å². The molecule has 1 unspecified atom stereocenters. The first-order valence-electron chi connectivity index (χ1n) is 5.44. The Morgan fingerprint density at radius 2 is 2.35 bits per heavy atom. The van der Waals surface area contributed by atoms with Gasteiger partial charge in [-0.05, 0) is 18.5 Å². The molecule has 96 valence electrons. The third kappa shape index (κ3) is 5.47. The van der Waals surface area contributed by atoms with Gasteiger partial charge >= 0.3 is 5.97 Å². The SMILES string of the molecule is CCOC(=O)CC(O)CSc1nc(CC)ns1. The topological polar surface area (TPSA) is 72.3 Å². The van der Waals surface area contributed by atoms with Gasteiger partial charge in [0.15, 0.2) is 4.34 Å². The Balaban J connectivity index is 2.27. The number of hydrogen-bond donors (Lipinski definition) is 1. The van der Waals surface area contributed by atoms with Gasteiger partial charge in [-0.25, -0.2) is 4.98 Å². The van der Waals surface area contributed by atoms with Crippen LogP contribution in [0.1, 0.15) is 26.1 Å². The Bertz CT molecular complexity index is 357. The standard InChI is InChI=1S/C10H16N2O3S2/c1-3-8-11-10(17-12-8)16-6-7(13)5-9(14)15-4-2/h7,13H,3-6H2,1-2H3. The van der Waals surface area contributed by atoms with Crippen LogP contribution in [0.25, 0.3) is 0 Å². The number of carbonyl (C=O) groups is 1. The van der Waals surface area contributed by atoms with Crippen molar-refractivity contribution in [2.75, 3.05) is 12.4 Å². The minimum atomic E-state index is -0.701. The van der Waals surface area contributed by atoms with Crippen LogP contribution < -0.4 is 0 Å². The first kappa shape index (κ1) is 14.4.